The molecule has 2 heteroatoms. The topological polar surface area (TPSA) is 29.5 Å². The zero-order valence-corrected chi connectivity index (χ0v) is 14.6. The van der Waals surface area contributed by atoms with Crippen molar-refractivity contribution in [2.75, 3.05) is 13.2 Å². The highest BCUT2D eigenvalue weighted by atomic mass is 16.5. The lowest BCUT2D eigenvalue weighted by Crippen LogP contribution is -2.07. The van der Waals surface area contributed by atoms with Crippen LogP contribution in [-0.4, -0.2) is 18.3 Å². The van der Waals surface area contributed by atoms with Gasteiger partial charge in [0.2, 0.25) is 0 Å². The highest BCUT2D eigenvalue weighted by molar-refractivity contribution is 5.36. The molecule has 23 heavy (non-hydrogen) atoms. The monoisotopic (exact) mass is 318 g/mol. The average Bonchev–Trinajstić information content (AvgIpc) is 2.61. The second kappa shape index (κ2) is 11.5. The van der Waals surface area contributed by atoms with Crippen LogP contribution in [0.2, 0.25) is 0 Å². The number of hydrogen-bond acceptors (Lipinski definition) is 2. The van der Waals surface area contributed by atoms with Crippen molar-refractivity contribution in [3.05, 3.63) is 29.8 Å². The molecule has 0 unspecified atom stereocenters. The fraction of sp³-hybridized carbons (Fsp3) is 0.714. The van der Waals surface area contributed by atoms with Gasteiger partial charge in [0.15, 0.2) is 0 Å². The standard InChI is InChI=1S/C21H34O2/c22-17-18-23-21-16-12-11-15-20(21)19-13-9-7-5-3-1-2-4-6-8-10-14-19/h11-12,15-16,19,22H,1-10,13-14,17-18H2. The van der Waals surface area contributed by atoms with Crippen LogP contribution in [0, 0.1) is 0 Å². The molecule has 0 radical (unpaired) electrons. The van der Waals surface area contributed by atoms with E-state index < -0.39 is 0 Å². The van der Waals surface area contributed by atoms with E-state index >= 15 is 0 Å². The highest BCUT2D eigenvalue weighted by Gasteiger charge is 2.16. The van der Waals surface area contributed by atoms with Gasteiger partial charge in [-0.05, 0) is 30.4 Å². The molecule has 1 aliphatic carbocycles. The molecule has 130 valence electrons. The van der Waals surface area contributed by atoms with Crippen molar-refractivity contribution in [3.63, 3.8) is 0 Å². The first-order chi connectivity index (χ1) is 11.4. The summed E-state index contributed by atoms with van der Waals surface area (Å²) in [5.74, 6) is 1.60. The molecule has 0 saturated heterocycles. The van der Waals surface area contributed by atoms with E-state index in [4.69, 9.17) is 9.84 Å². The Bertz CT molecular complexity index is 402. The van der Waals surface area contributed by atoms with Crippen molar-refractivity contribution in [2.24, 2.45) is 0 Å². The molecule has 1 aromatic carbocycles. The van der Waals surface area contributed by atoms with Gasteiger partial charge in [-0.3, -0.25) is 0 Å². The minimum absolute atomic E-state index is 0.0823. The number of ether oxygens (including phenoxy) is 1. The van der Waals surface area contributed by atoms with Crippen LogP contribution in [-0.2, 0) is 0 Å². The Balaban J connectivity index is 2.00. The van der Waals surface area contributed by atoms with E-state index in [0.29, 0.717) is 12.5 Å². The van der Waals surface area contributed by atoms with Crippen LogP contribution in [0.3, 0.4) is 0 Å². The molecule has 0 heterocycles. The van der Waals surface area contributed by atoms with E-state index in [1.54, 1.807) is 0 Å². The predicted octanol–water partition coefficient (Wildman–Crippen LogP) is 5.84. The van der Waals surface area contributed by atoms with E-state index in [1.165, 1.54) is 82.6 Å². The van der Waals surface area contributed by atoms with Gasteiger partial charge in [0, 0.05) is 0 Å². The maximum atomic E-state index is 9.04. The van der Waals surface area contributed by atoms with Crippen LogP contribution >= 0.6 is 0 Å². The summed E-state index contributed by atoms with van der Waals surface area (Å²) >= 11 is 0. The molecule has 0 bridgehead atoms. The Hall–Kier alpha value is -1.02. The van der Waals surface area contributed by atoms with Crippen molar-refractivity contribution in [1.29, 1.82) is 0 Å². The maximum absolute atomic E-state index is 9.04. The number of benzene rings is 1. The Morgan fingerprint density at radius 2 is 1.30 bits per heavy atom. The number of rotatable bonds is 4. The molecule has 0 amide bonds. The van der Waals surface area contributed by atoms with E-state index in [1.807, 2.05) is 6.07 Å². The number of aliphatic hydroxyl groups excluding tert-OH is 1. The number of para-hydroxylation sites is 1. The Morgan fingerprint density at radius 1 is 0.783 bits per heavy atom. The smallest absolute Gasteiger partial charge is 0.122 e. The lowest BCUT2D eigenvalue weighted by molar-refractivity contribution is 0.199. The SMILES string of the molecule is OCCOc1ccccc1C1CCCCCCCCCCCC1. The molecule has 0 aliphatic heterocycles. The molecule has 0 aromatic heterocycles. The zero-order valence-electron chi connectivity index (χ0n) is 14.6. The molecule has 2 rings (SSSR count). The summed E-state index contributed by atoms with van der Waals surface area (Å²) in [6.07, 6.45) is 16.5. The summed E-state index contributed by atoms with van der Waals surface area (Å²) in [6.45, 7) is 0.475. The number of aliphatic hydroxyl groups is 1. The molecule has 1 saturated carbocycles. The minimum Gasteiger partial charge on any atom is -0.491 e. The molecule has 1 aliphatic rings. The van der Waals surface area contributed by atoms with Crippen LogP contribution in [0.5, 0.6) is 5.75 Å². The molecule has 0 spiro atoms. The van der Waals surface area contributed by atoms with Crippen molar-refractivity contribution in [2.45, 2.75) is 83.0 Å². The fourth-order valence-electron chi connectivity index (χ4n) is 3.76. The second-order valence-electron chi connectivity index (χ2n) is 6.92. The van der Waals surface area contributed by atoms with E-state index in [-0.39, 0.29) is 6.61 Å². The highest BCUT2D eigenvalue weighted by Crippen LogP contribution is 2.34. The first kappa shape index (κ1) is 18.3. The maximum Gasteiger partial charge on any atom is 0.122 e. The fourth-order valence-corrected chi connectivity index (χ4v) is 3.76. The second-order valence-corrected chi connectivity index (χ2v) is 6.92. The predicted molar refractivity (Wildman–Crippen MR) is 97.2 cm³/mol. The Kier molecular flexibility index (Phi) is 9.16. The summed E-state index contributed by atoms with van der Waals surface area (Å²) in [5, 5.41) is 9.04. The van der Waals surface area contributed by atoms with E-state index in [9.17, 15) is 0 Å². The van der Waals surface area contributed by atoms with Crippen molar-refractivity contribution >= 4 is 0 Å². The molecule has 0 atom stereocenters. The van der Waals surface area contributed by atoms with Gasteiger partial charge in [-0.15, -0.1) is 0 Å². The Labute approximate surface area is 142 Å². The molecule has 1 aromatic rings. The van der Waals surface area contributed by atoms with Crippen molar-refractivity contribution < 1.29 is 9.84 Å². The lowest BCUT2D eigenvalue weighted by atomic mass is 9.87. The van der Waals surface area contributed by atoms with Gasteiger partial charge < -0.3 is 9.84 Å². The first-order valence-electron chi connectivity index (χ1n) is 9.74. The average molecular weight is 319 g/mol. The van der Waals surface area contributed by atoms with Crippen LogP contribution in [0.25, 0.3) is 0 Å². The van der Waals surface area contributed by atoms with Gasteiger partial charge >= 0.3 is 0 Å². The minimum atomic E-state index is 0.0823. The van der Waals surface area contributed by atoms with E-state index in [0.717, 1.165) is 5.75 Å². The molecule has 2 nitrogen and oxygen atoms in total. The summed E-state index contributed by atoms with van der Waals surface area (Å²) in [7, 11) is 0. The van der Waals surface area contributed by atoms with Gasteiger partial charge in [0.1, 0.15) is 12.4 Å². The number of hydrogen-bond donors (Lipinski definition) is 1. The van der Waals surface area contributed by atoms with Gasteiger partial charge in [-0.1, -0.05) is 82.4 Å². The summed E-state index contributed by atoms with van der Waals surface area (Å²) in [4.78, 5) is 0. The van der Waals surface area contributed by atoms with Gasteiger partial charge in [-0.2, -0.15) is 0 Å². The quantitative estimate of drug-likeness (QED) is 0.756. The van der Waals surface area contributed by atoms with E-state index in [2.05, 4.69) is 18.2 Å². The van der Waals surface area contributed by atoms with Gasteiger partial charge in [0.25, 0.3) is 0 Å². The normalized spacial score (nSPS) is 19.3. The van der Waals surface area contributed by atoms with Gasteiger partial charge in [0.05, 0.1) is 6.61 Å². The molecular formula is C21H34O2. The molecule has 1 N–H and O–H groups in total. The first-order valence-corrected chi connectivity index (χ1v) is 9.74. The van der Waals surface area contributed by atoms with Crippen molar-refractivity contribution in [1.82, 2.24) is 0 Å². The summed E-state index contributed by atoms with van der Waals surface area (Å²) in [5.41, 5.74) is 1.36. The zero-order chi connectivity index (χ0) is 16.2. The van der Waals surface area contributed by atoms with Crippen LogP contribution in [0.1, 0.15) is 88.5 Å². The van der Waals surface area contributed by atoms with Crippen LogP contribution < -0.4 is 4.74 Å². The lowest BCUT2D eigenvalue weighted by Gasteiger charge is -2.20. The largest absolute Gasteiger partial charge is 0.491 e. The van der Waals surface area contributed by atoms with Crippen molar-refractivity contribution in [3.8, 4) is 5.75 Å². The molecular weight excluding hydrogens is 284 g/mol. The van der Waals surface area contributed by atoms with Crippen LogP contribution in [0.15, 0.2) is 24.3 Å². The summed E-state index contributed by atoms with van der Waals surface area (Å²) < 4.78 is 5.78. The third-order valence-corrected chi connectivity index (χ3v) is 5.06. The Morgan fingerprint density at radius 3 is 1.87 bits per heavy atom. The van der Waals surface area contributed by atoms with Gasteiger partial charge in [-0.25, -0.2) is 0 Å². The summed E-state index contributed by atoms with van der Waals surface area (Å²) in [6, 6.07) is 8.46. The third-order valence-electron chi connectivity index (χ3n) is 5.06. The third kappa shape index (κ3) is 6.95. The van der Waals surface area contributed by atoms with Crippen LogP contribution in [0.4, 0.5) is 0 Å². The molecule has 1 fully saturated rings.